The van der Waals surface area contributed by atoms with Crippen LogP contribution in [-0.2, 0) is 6.61 Å². The first-order chi connectivity index (χ1) is 7.85. The van der Waals surface area contributed by atoms with Crippen LogP contribution in [-0.4, -0.2) is 25.3 Å². The Bertz CT molecular complexity index is 495. The summed E-state index contributed by atoms with van der Waals surface area (Å²) in [6.07, 6.45) is 6.86. The molecule has 0 amide bonds. The third-order valence-corrected chi connectivity index (χ3v) is 2.93. The summed E-state index contributed by atoms with van der Waals surface area (Å²) >= 11 is 1.36. The molecule has 16 heavy (non-hydrogen) atoms. The summed E-state index contributed by atoms with van der Waals surface area (Å²) < 4.78 is 0. The van der Waals surface area contributed by atoms with Gasteiger partial charge in [-0.3, -0.25) is 0 Å². The van der Waals surface area contributed by atoms with Crippen LogP contribution in [0.4, 0.5) is 0 Å². The van der Waals surface area contributed by atoms with Gasteiger partial charge in [0.1, 0.15) is 16.3 Å². The Morgan fingerprint density at radius 3 is 2.69 bits per heavy atom. The van der Waals surface area contributed by atoms with E-state index in [9.17, 15) is 0 Å². The van der Waals surface area contributed by atoms with Crippen LogP contribution in [0.25, 0.3) is 5.57 Å². The Balaban J connectivity index is 2.38. The van der Waals surface area contributed by atoms with Crippen molar-refractivity contribution in [3.05, 3.63) is 40.4 Å². The lowest BCUT2D eigenvalue weighted by Crippen LogP contribution is -1.89. The molecule has 1 N–H and O–H groups in total. The third-order valence-electron chi connectivity index (χ3n) is 1.99. The number of allylic oxidation sites excluding steroid dienone is 1. The number of aliphatic hydroxyl groups excluding tert-OH is 1. The van der Waals surface area contributed by atoms with Gasteiger partial charge in [0.25, 0.3) is 0 Å². The minimum Gasteiger partial charge on any atom is -0.389 e. The summed E-state index contributed by atoms with van der Waals surface area (Å²) in [5.74, 6) is 0. The van der Waals surface area contributed by atoms with Crippen LogP contribution in [0.5, 0.6) is 0 Å². The van der Waals surface area contributed by atoms with Crippen LogP contribution in [0.1, 0.15) is 22.5 Å². The van der Waals surface area contributed by atoms with E-state index in [1.54, 1.807) is 12.4 Å². The summed E-state index contributed by atoms with van der Waals surface area (Å²) in [5, 5.41) is 18.2. The second-order valence-electron chi connectivity index (χ2n) is 2.99. The second-order valence-corrected chi connectivity index (χ2v) is 4.05. The maximum Gasteiger partial charge on any atom is 0.148 e. The van der Waals surface area contributed by atoms with Gasteiger partial charge in [0, 0.05) is 23.5 Å². The molecule has 6 heteroatoms. The van der Waals surface area contributed by atoms with E-state index < -0.39 is 0 Å². The van der Waals surface area contributed by atoms with Gasteiger partial charge in [-0.15, -0.1) is 10.2 Å². The fourth-order valence-corrected chi connectivity index (χ4v) is 2.07. The number of hydrogen-bond acceptors (Lipinski definition) is 6. The van der Waals surface area contributed by atoms with Crippen molar-refractivity contribution in [2.75, 3.05) is 0 Å². The first-order valence-corrected chi connectivity index (χ1v) is 5.52. The highest BCUT2D eigenvalue weighted by Gasteiger charge is 2.10. The molecule has 0 aliphatic heterocycles. The molecule has 0 aliphatic carbocycles. The minimum absolute atomic E-state index is 0.0834. The highest BCUT2D eigenvalue weighted by molar-refractivity contribution is 7.12. The standard InChI is InChI=1S/C10H10N4OS/c1-2-8(7-3-11-6-12-4-7)10-14-13-9(5-15)16-10/h2-4,6,15H,5H2,1H3/b8-2+. The van der Waals surface area contributed by atoms with E-state index >= 15 is 0 Å². The molecule has 0 saturated heterocycles. The van der Waals surface area contributed by atoms with Crippen LogP contribution < -0.4 is 0 Å². The van der Waals surface area contributed by atoms with Gasteiger partial charge < -0.3 is 5.11 Å². The molecule has 0 radical (unpaired) electrons. The number of rotatable bonds is 3. The van der Waals surface area contributed by atoms with E-state index in [0.29, 0.717) is 5.01 Å². The topological polar surface area (TPSA) is 71.8 Å². The maximum atomic E-state index is 8.94. The summed E-state index contributed by atoms with van der Waals surface area (Å²) in [6, 6.07) is 0. The molecular formula is C10H10N4OS. The number of hydrogen-bond donors (Lipinski definition) is 1. The largest absolute Gasteiger partial charge is 0.389 e. The van der Waals surface area contributed by atoms with Gasteiger partial charge in [-0.1, -0.05) is 17.4 Å². The van der Waals surface area contributed by atoms with Crippen LogP contribution in [0.15, 0.2) is 24.8 Å². The Hall–Kier alpha value is -1.66. The molecule has 0 bridgehead atoms. The van der Waals surface area contributed by atoms with Crippen molar-refractivity contribution < 1.29 is 5.11 Å². The predicted molar refractivity (Wildman–Crippen MR) is 60.6 cm³/mol. The molecule has 2 rings (SSSR count). The summed E-state index contributed by atoms with van der Waals surface area (Å²) in [6.45, 7) is 1.84. The Morgan fingerprint density at radius 1 is 1.38 bits per heavy atom. The van der Waals surface area contributed by atoms with E-state index in [4.69, 9.17) is 5.11 Å². The molecule has 0 aliphatic rings. The highest BCUT2D eigenvalue weighted by atomic mass is 32.1. The smallest absolute Gasteiger partial charge is 0.148 e. The van der Waals surface area contributed by atoms with Crippen molar-refractivity contribution >= 4 is 16.9 Å². The molecule has 82 valence electrons. The van der Waals surface area contributed by atoms with E-state index in [1.807, 2.05) is 13.0 Å². The van der Waals surface area contributed by atoms with E-state index in [1.165, 1.54) is 17.7 Å². The van der Waals surface area contributed by atoms with Gasteiger partial charge >= 0.3 is 0 Å². The van der Waals surface area contributed by atoms with Crippen molar-refractivity contribution in [3.63, 3.8) is 0 Å². The number of nitrogens with zero attached hydrogens (tertiary/aromatic N) is 4. The van der Waals surface area contributed by atoms with E-state index in [0.717, 1.165) is 16.1 Å². The summed E-state index contributed by atoms with van der Waals surface area (Å²) in [4.78, 5) is 7.92. The van der Waals surface area contributed by atoms with E-state index in [2.05, 4.69) is 20.2 Å². The van der Waals surface area contributed by atoms with Crippen LogP contribution in [0.3, 0.4) is 0 Å². The molecule has 2 aromatic heterocycles. The van der Waals surface area contributed by atoms with Gasteiger partial charge in [0.2, 0.25) is 0 Å². The summed E-state index contributed by atoms with van der Waals surface area (Å²) in [5.41, 5.74) is 1.82. The van der Waals surface area contributed by atoms with Gasteiger partial charge in [-0.05, 0) is 6.92 Å². The molecule has 0 fully saturated rings. The molecule has 5 nitrogen and oxygen atoms in total. The second kappa shape index (κ2) is 4.91. The first kappa shape index (κ1) is 10.8. The van der Waals surface area contributed by atoms with Crippen LogP contribution >= 0.6 is 11.3 Å². The molecule has 0 aromatic carbocycles. The lowest BCUT2D eigenvalue weighted by atomic mass is 10.1. The zero-order valence-electron chi connectivity index (χ0n) is 8.66. The van der Waals surface area contributed by atoms with Gasteiger partial charge in [0.05, 0.1) is 6.61 Å². The Morgan fingerprint density at radius 2 is 2.12 bits per heavy atom. The molecule has 2 aromatic rings. The van der Waals surface area contributed by atoms with Crippen molar-refractivity contribution in [3.8, 4) is 0 Å². The van der Waals surface area contributed by atoms with Crippen molar-refractivity contribution in [1.82, 2.24) is 20.2 Å². The Kier molecular flexibility index (Phi) is 3.33. The lowest BCUT2D eigenvalue weighted by Gasteiger charge is -2.00. The lowest BCUT2D eigenvalue weighted by molar-refractivity contribution is 0.280. The fourth-order valence-electron chi connectivity index (χ4n) is 1.28. The van der Waals surface area contributed by atoms with Gasteiger partial charge in [-0.2, -0.15) is 0 Å². The Labute approximate surface area is 96.5 Å². The van der Waals surface area contributed by atoms with Crippen molar-refractivity contribution in [2.24, 2.45) is 0 Å². The van der Waals surface area contributed by atoms with Crippen LogP contribution in [0.2, 0.25) is 0 Å². The monoisotopic (exact) mass is 234 g/mol. The SMILES string of the molecule is C/C=C(\c1cncnc1)c1nnc(CO)s1. The normalized spacial score (nSPS) is 11.8. The molecule has 0 spiro atoms. The van der Waals surface area contributed by atoms with Crippen molar-refractivity contribution in [1.29, 1.82) is 0 Å². The third kappa shape index (κ3) is 2.12. The highest BCUT2D eigenvalue weighted by Crippen LogP contribution is 2.24. The maximum absolute atomic E-state index is 8.94. The van der Waals surface area contributed by atoms with Crippen molar-refractivity contribution in [2.45, 2.75) is 13.5 Å². The van der Waals surface area contributed by atoms with E-state index in [-0.39, 0.29) is 6.61 Å². The average Bonchev–Trinajstić information content (AvgIpc) is 2.80. The van der Waals surface area contributed by atoms with Gasteiger partial charge in [0.15, 0.2) is 0 Å². The summed E-state index contributed by atoms with van der Waals surface area (Å²) in [7, 11) is 0. The number of aromatic nitrogens is 4. The molecule has 0 atom stereocenters. The predicted octanol–water partition coefficient (Wildman–Crippen LogP) is 1.27. The molecule has 2 heterocycles. The zero-order chi connectivity index (χ0) is 11.4. The molecule has 0 unspecified atom stereocenters. The quantitative estimate of drug-likeness (QED) is 0.866. The fraction of sp³-hybridized carbons (Fsp3) is 0.200. The van der Waals surface area contributed by atoms with Crippen LogP contribution in [0, 0.1) is 0 Å². The zero-order valence-corrected chi connectivity index (χ0v) is 9.48. The first-order valence-electron chi connectivity index (χ1n) is 4.70. The van der Waals surface area contributed by atoms with Gasteiger partial charge in [-0.25, -0.2) is 9.97 Å². The molecular weight excluding hydrogens is 224 g/mol. The average molecular weight is 234 g/mol. The number of aliphatic hydroxyl groups is 1. The molecule has 0 saturated carbocycles. The minimum atomic E-state index is -0.0834.